The van der Waals surface area contributed by atoms with Crippen LogP contribution in [-0.2, 0) is 37.1 Å². The van der Waals surface area contributed by atoms with E-state index in [1.165, 1.54) is 84.9 Å². The van der Waals surface area contributed by atoms with Gasteiger partial charge in [0, 0.05) is 78.5 Å². The summed E-state index contributed by atoms with van der Waals surface area (Å²) in [6.07, 6.45) is 21.5. The Morgan fingerprint density at radius 1 is 0.400 bits per heavy atom. The molecule has 1 unspecified atom stereocenters. The molecule has 0 fully saturated rings. The third kappa shape index (κ3) is 33.7. The van der Waals surface area contributed by atoms with Gasteiger partial charge < -0.3 is 44.5 Å². The van der Waals surface area contributed by atoms with E-state index < -0.39 is 88.1 Å². The number of aromatic hydroxyl groups is 2. The topological polar surface area (TPSA) is 258 Å². The largest absolute Gasteiger partial charge is 0.507 e. The Morgan fingerprint density at radius 3 is 1.01 bits per heavy atom. The van der Waals surface area contributed by atoms with Gasteiger partial charge in [0.2, 0.25) is 5.24 Å². The first kappa shape index (κ1) is 96.5. The zero-order chi connectivity index (χ0) is 86.8. The Balaban J connectivity index is 0.000000741. The van der Waals surface area contributed by atoms with Gasteiger partial charge in [-0.05, 0) is 161 Å². The van der Waals surface area contributed by atoms with Gasteiger partial charge in [-0.25, -0.2) is 54.3 Å². The number of hydrogen-bond acceptors (Lipinski definition) is 14. The van der Waals surface area contributed by atoms with Gasteiger partial charge in [0.15, 0.2) is 0 Å². The highest BCUT2D eigenvalue weighted by Crippen LogP contribution is 2.34. The minimum atomic E-state index is -1.32. The summed E-state index contributed by atoms with van der Waals surface area (Å²) in [4.78, 5) is 81.2. The zero-order valence-electron chi connectivity index (χ0n) is 64.4. The number of aromatic carboxylic acids is 2. The predicted octanol–water partition coefficient (Wildman–Crippen LogP) is 20.1. The van der Waals surface area contributed by atoms with Crippen LogP contribution in [0.15, 0.2) is 243 Å². The number of rotatable bonds is 23. The molecular weight excluding hydrogens is 1540 g/mol. The second kappa shape index (κ2) is 53.3. The Morgan fingerprint density at radius 2 is 0.687 bits per heavy atom. The first-order chi connectivity index (χ1) is 55.7. The number of allylic oxidation sites excluding steroid dienone is 4. The van der Waals surface area contributed by atoms with Gasteiger partial charge in [-0.2, -0.15) is 9.90 Å². The van der Waals surface area contributed by atoms with Crippen molar-refractivity contribution in [1.82, 2.24) is 0 Å². The van der Waals surface area contributed by atoms with Crippen molar-refractivity contribution in [3.8, 4) is 80.4 Å². The van der Waals surface area contributed by atoms with Crippen LogP contribution in [0.2, 0.25) is 0 Å². The Kier molecular flexibility index (Phi) is 44.7. The summed E-state index contributed by atoms with van der Waals surface area (Å²) in [6, 6.07) is 46.3. The minimum absolute atomic E-state index is 0. The van der Waals surface area contributed by atoms with Crippen molar-refractivity contribution in [2.24, 2.45) is 0 Å². The summed E-state index contributed by atoms with van der Waals surface area (Å²) in [6.45, 7) is 5.93. The number of aliphatic hydroxyl groups excluding tert-OH is 1. The molecule has 598 valence electrons. The molecule has 10 aromatic carbocycles. The van der Waals surface area contributed by atoms with Crippen molar-refractivity contribution < 1.29 is 116 Å². The fourth-order valence-electron chi connectivity index (χ4n) is 9.50. The third-order valence-corrected chi connectivity index (χ3v) is 14.9. The summed E-state index contributed by atoms with van der Waals surface area (Å²) in [7, 11) is 9.00. The molecule has 0 saturated carbocycles. The molecule has 0 bridgehead atoms. The normalized spacial score (nSPS) is 10.2. The maximum atomic E-state index is 14.3. The Hall–Kier alpha value is -12.7. The summed E-state index contributed by atoms with van der Waals surface area (Å²) in [5.41, 5.74) is 2.33. The minimum Gasteiger partial charge on any atom is -0.507 e. The highest BCUT2D eigenvalue weighted by molar-refractivity contribution is 6.92. The molecule has 0 heterocycles. The molecule has 5 N–H and O–H groups in total. The lowest BCUT2D eigenvalue weighted by atomic mass is 9.81. The molecule has 0 aliphatic carbocycles. The summed E-state index contributed by atoms with van der Waals surface area (Å²) < 4.78 is 139. The van der Waals surface area contributed by atoms with Gasteiger partial charge in [0.1, 0.15) is 105 Å². The van der Waals surface area contributed by atoms with Crippen molar-refractivity contribution in [3.63, 3.8) is 0 Å². The monoisotopic (exact) mass is 1620 g/mol. The van der Waals surface area contributed by atoms with E-state index in [9.17, 15) is 84.0 Å². The Bertz CT molecular complexity index is 4990. The number of halogens is 9. The number of terminal acetylenes is 1. The van der Waals surface area contributed by atoms with Gasteiger partial charge in [-0.1, -0.05) is 142 Å². The summed E-state index contributed by atoms with van der Waals surface area (Å²) >= 11 is 5.02. The van der Waals surface area contributed by atoms with Crippen LogP contribution in [0, 0.1) is 59.4 Å². The molecule has 16 nitrogen and oxygen atoms in total. The van der Waals surface area contributed by atoms with Crippen LogP contribution in [0.1, 0.15) is 115 Å². The second-order valence-corrected chi connectivity index (χ2v) is 23.1. The molecule has 1 atom stereocenters. The molecule has 10 rings (SSSR count). The first-order valence-corrected chi connectivity index (χ1v) is 34.4. The van der Waals surface area contributed by atoms with Crippen molar-refractivity contribution in [2.75, 3.05) is 7.11 Å². The van der Waals surface area contributed by atoms with Crippen LogP contribution in [0.25, 0.3) is 44.5 Å². The standard InChI is InChI=1S/C26H22F2O4.C20H14F2O3.C19H16F2O4.C13H8F2O3.C6H9ClO.C2H2.CH4O.B2.H3P.H2/c1-2-3-5-10-25(29)32-24-14-11-19(21-13-12-20(27)16-23(21)28)15-22(24)26(30)31-17-18-8-6-4-7-9-18;21-15-7-8-16(18(22)11-15)14-6-9-19(23)17(10-14)20(24)25-12-13-4-2-1-3-5-13;1-2-3-4-5-18(22)25-17-9-6-12(10-15(17)19(23)24)14-8-7-13(20)11-16(14)21;14-8-2-3-9(11(15)6-8)7-1-4-12(16)10(5-7)13(17)18;1-2-3-4-5-6(7)8;3*1-2;;/h3-9,11-16H,2,10,17H2,1H3;1-11,23H,12H2;3-4,6-11H,2,5H2,1H3,(H,23,24);1-6,16H,(H,17,18);3-4H,2,5H2,1H3;1-2H;2H,1H3;;1H3;1H/b5-3-;;4-3-;;4-3-;;;;;/i;;;;;;;;;1+1D. The van der Waals surface area contributed by atoms with E-state index in [1.54, 1.807) is 48.6 Å². The number of aliphatic hydroxyl groups is 1. The predicted molar refractivity (Wildman–Crippen MR) is 433 cm³/mol. The average molecular weight is 1620 g/mol. The molecule has 0 aliphatic heterocycles. The fourth-order valence-corrected chi connectivity index (χ4v) is 9.59. The van der Waals surface area contributed by atoms with Gasteiger partial charge in [-0.3, -0.25) is 14.4 Å². The molecule has 115 heavy (non-hydrogen) atoms. The SMILES string of the molecule is C#C.CC/C=C\CC(=O)Cl.CC/C=C\CC(=O)Oc1ccc(-c2ccc(F)cc2F)cc1C(=O)O.CC/C=C\CC(=O)Oc1ccc(-c2ccc(F)cc2F)cc1C(=O)OCc1ccccc1.CO.O=C(O)c1cc(-c2ccc(F)cc2F)ccc1O.O=C(OCc1ccccc1)c1cc(-c2ccc(F)cc2F)ccc1O.P.[2H][2H].[B][B]. The number of carboxylic acids is 2. The molecule has 0 saturated heterocycles. The maximum absolute atomic E-state index is 14.3. The quantitative estimate of drug-likeness (QED) is 0.00583. The zero-order valence-corrected chi connectivity index (χ0v) is 64.6. The second-order valence-electron chi connectivity index (χ2n) is 22.7. The number of phenolic OH excluding ortho intramolecular Hbond substituents is 1. The molecule has 10 aromatic rings. The van der Waals surface area contributed by atoms with Crippen LogP contribution in [-0.4, -0.2) is 89.2 Å². The number of carbonyl (C=O) groups excluding carboxylic acids is 5. The van der Waals surface area contributed by atoms with Crippen molar-refractivity contribution in [1.29, 1.82) is 0 Å². The lowest BCUT2D eigenvalue weighted by Gasteiger charge is -2.12. The van der Waals surface area contributed by atoms with E-state index in [4.69, 9.17) is 43.7 Å². The van der Waals surface area contributed by atoms with Gasteiger partial charge in [0.25, 0.3) is 0 Å². The van der Waals surface area contributed by atoms with Gasteiger partial charge in [0.05, 0.1) is 12.8 Å². The number of benzene rings is 10. The highest BCUT2D eigenvalue weighted by atomic mass is 35.5. The van der Waals surface area contributed by atoms with E-state index in [-0.39, 0.29) is 114 Å². The number of ether oxygens (including phenoxy) is 4. The highest BCUT2D eigenvalue weighted by Gasteiger charge is 2.22. The number of carbonyl (C=O) groups is 7. The van der Waals surface area contributed by atoms with E-state index >= 15 is 0 Å². The smallest absolute Gasteiger partial charge is 0.342 e. The molecule has 0 spiro atoms. The molecule has 0 aromatic heterocycles. The number of carboxylic acid groups (broad SMARTS) is 2. The maximum Gasteiger partial charge on any atom is 0.342 e. The first-order valence-electron chi connectivity index (χ1n) is 35.0. The van der Waals surface area contributed by atoms with Crippen LogP contribution >= 0.6 is 21.5 Å². The summed E-state index contributed by atoms with van der Waals surface area (Å²) in [5.74, 6) is -12.1. The van der Waals surface area contributed by atoms with Crippen molar-refractivity contribution in [2.45, 2.75) is 72.5 Å². The van der Waals surface area contributed by atoms with Crippen LogP contribution in [0.4, 0.5) is 35.1 Å². The summed E-state index contributed by atoms with van der Waals surface area (Å²) in [5, 5.41) is 44.1. The average Bonchev–Trinajstić information content (AvgIpc) is 0.815. The van der Waals surface area contributed by atoms with Crippen molar-refractivity contribution in [3.05, 3.63) is 323 Å². The molecular formula is C87H80B2ClF8O16P. The lowest BCUT2D eigenvalue weighted by molar-refractivity contribution is -0.134. The van der Waals surface area contributed by atoms with Crippen LogP contribution in [0.5, 0.6) is 23.0 Å². The molecule has 0 aliphatic rings. The number of esters is 4. The molecule has 28 heteroatoms. The third-order valence-electron chi connectivity index (χ3n) is 14.7. The van der Waals surface area contributed by atoms with E-state index in [1.807, 2.05) is 69.3 Å². The van der Waals surface area contributed by atoms with E-state index in [2.05, 4.69) is 28.3 Å². The van der Waals surface area contributed by atoms with E-state index in [0.29, 0.717) is 29.7 Å². The van der Waals surface area contributed by atoms with E-state index in [0.717, 1.165) is 86.0 Å². The molecule has 0 amide bonds. The van der Waals surface area contributed by atoms with Crippen molar-refractivity contribution >= 4 is 78.0 Å². The fraction of sp³-hybridized carbons (Fsp3) is 0.138. The van der Waals surface area contributed by atoms with Crippen LogP contribution in [0.3, 0.4) is 0 Å². The van der Waals surface area contributed by atoms with Crippen LogP contribution < -0.4 is 9.47 Å². The Labute approximate surface area is 673 Å². The molecule has 4 radical (unpaired) electrons. The lowest BCUT2D eigenvalue weighted by Crippen LogP contribution is -2.12. The number of hydrogen-bond donors (Lipinski definition) is 5. The number of phenols is 2. The van der Waals surface area contributed by atoms with Gasteiger partial charge >= 0.3 is 35.8 Å². The van der Waals surface area contributed by atoms with Gasteiger partial charge in [-0.15, -0.1) is 12.8 Å².